The Morgan fingerprint density at radius 1 is 0.370 bits per heavy atom. The van der Waals surface area contributed by atoms with Crippen molar-refractivity contribution in [1.82, 2.24) is 4.40 Å². The van der Waals surface area contributed by atoms with E-state index in [-0.39, 0.29) is 0 Å². The number of para-hydroxylation sites is 2. The van der Waals surface area contributed by atoms with Crippen molar-refractivity contribution in [2.45, 2.75) is 95.9 Å². The molecule has 3 aliphatic rings. The molecule has 13 aromatic rings. The summed E-state index contributed by atoms with van der Waals surface area (Å²) in [6.07, 6.45) is 8.52. The molecule has 2 aromatic heterocycles. The first-order valence-corrected chi connectivity index (χ1v) is 50.6. The van der Waals surface area contributed by atoms with Gasteiger partial charge < -0.3 is 4.40 Å². The van der Waals surface area contributed by atoms with Gasteiger partial charge in [-0.2, -0.15) is 0 Å². The Labute approximate surface area is 548 Å². The van der Waals surface area contributed by atoms with Gasteiger partial charge in [-0.25, -0.2) is 0 Å². The fourth-order valence-corrected chi connectivity index (χ4v) is 22.0. The number of anilines is 5. The van der Waals surface area contributed by atoms with Crippen LogP contribution in [-0.4, -0.2) is 36.7 Å². The van der Waals surface area contributed by atoms with Crippen molar-refractivity contribution in [1.29, 1.82) is 0 Å². The normalized spacial score (nSPS) is 15.8. The second kappa shape index (κ2) is 21.1. The van der Waals surface area contributed by atoms with Crippen LogP contribution in [0.3, 0.4) is 0 Å². The second-order valence-corrected chi connectivity index (χ2v) is 56.1. The number of hydrogen-bond acceptors (Lipinski definition) is 2. The van der Waals surface area contributed by atoms with Gasteiger partial charge in [0.25, 0.3) is 0 Å². The number of rotatable bonds is 12. The fourth-order valence-electron chi connectivity index (χ4n) is 16.2. The van der Waals surface area contributed by atoms with Crippen molar-refractivity contribution in [2.75, 3.05) is 9.80 Å². The van der Waals surface area contributed by atoms with Crippen molar-refractivity contribution in [3.63, 3.8) is 0 Å². The third-order valence-corrected chi connectivity index (χ3v) is 31.8. The van der Waals surface area contributed by atoms with Crippen molar-refractivity contribution < 1.29 is 0 Å². The molecule has 0 radical (unpaired) electrons. The Hall–Kier alpha value is -8.83. The maximum atomic E-state index is 2.65. The van der Waals surface area contributed by atoms with E-state index in [1.807, 2.05) is 0 Å². The summed E-state index contributed by atoms with van der Waals surface area (Å²) in [5, 5.41) is 9.65. The van der Waals surface area contributed by atoms with Gasteiger partial charge in [0.2, 0.25) is 0 Å². The van der Waals surface area contributed by atoms with Gasteiger partial charge in [0, 0.05) is 16.3 Å². The van der Waals surface area contributed by atoms with Crippen LogP contribution < -0.4 is 25.4 Å². The maximum absolute atomic E-state index is 2.65. The second-order valence-electron chi connectivity index (χ2n) is 32.2. The zero-order valence-electron chi connectivity index (χ0n) is 55.7. The molecule has 0 N–H and O–H groups in total. The predicted octanol–water partition coefficient (Wildman–Crippen LogP) is 21.2. The van der Waals surface area contributed by atoms with Gasteiger partial charge in [0.05, 0.1) is 16.4 Å². The van der Waals surface area contributed by atoms with Crippen LogP contribution in [0.2, 0.25) is 84.1 Å². The van der Waals surface area contributed by atoms with Crippen LogP contribution in [0.4, 0.5) is 28.4 Å². The molecule has 0 saturated heterocycles. The Kier molecular flexibility index (Phi) is 13.4. The van der Waals surface area contributed by atoms with Crippen LogP contribution >= 0.6 is 0 Å². The number of hydrogen-bond donors (Lipinski definition) is 0. The summed E-state index contributed by atoms with van der Waals surface area (Å²) in [6, 6.07) is 92.3. The summed E-state index contributed by atoms with van der Waals surface area (Å²) in [7, 11) is -7.19. The first-order valence-electron chi connectivity index (χ1n) is 34.3. The molecular formula is C85H85N3Si4-4. The predicted molar refractivity (Wildman–Crippen MR) is 415 cm³/mol. The van der Waals surface area contributed by atoms with E-state index in [1.54, 1.807) is 0 Å². The summed E-state index contributed by atoms with van der Waals surface area (Å²) in [5.41, 5.74) is 26.4. The van der Waals surface area contributed by atoms with Crippen LogP contribution in [-0.2, 0) is 5.41 Å². The van der Waals surface area contributed by atoms with Crippen molar-refractivity contribution in [2.24, 2.45) is 0 Å². The number of nitrogens with zero attached hydrogens (tertiary/aromatic N) is 3. The summed E-state index contributed by atoms with van der Waals surface area (Å²) >= 11 is 0. The Balaban J connectivity index is 0.902. The average molecular weight is 1260 g/mol. The van der Waals surface area contributed by atoms with Crippen LogP contribution in [0.1, 0.15) is 28.7 Å². The van der Waals surface area contributed by atoms with Gasteiger partial charge in [-0.1, -0.05) is 84.9 Å². The van der Waals surface area contributed by atoms with E-state index >= 15 is 0 Å². The molecule has 7 heteroatoms. The minimum atomic E-state index is -1.84. The average Bonchev–Trinajstić information content (AvgIpc) is 1.49. The van der Waals surface area contributed by atoms with Crippen LogP contribution in [0, 0.1) is 0 Å². The molecule has 0 amide bonds. The van der Waals surface area contributed by atoms with Gasteiger partial charge in [-0.05, 0) is 33.9 Å². The van der Waals surface area contributed by atoms with E-state index in [2.05, 4.69) is 348 Å². The summed E-state index contributed by atoms with van der Waals surface area (Å²) in [5.74, 6) is 0. The van der Waals surface area contributed by atoms with E-state index < -0.39 is 37.7 Å². The van der Waals surface area contributed by atoms with E-state index in [1.165, 1.54) is 149 Å². The Morgan fingerprint density at radius 2 is 0.837 bits per heavy atom. The van der Waals surface area contributed by atoms with Crippen molar-refractivity contribution >= 4 is 114 Å². The van der Waals surface area contributed by atoms with Crippen LogP contribution in [0.15, 0.2) is 261 Å². The Morgan fingerprint density at radius 3 is 1.36 bits per heavy atom. The number of aromatic nitrogens is 1. The number of allylic oxidation sites excluding steroid dienone is 3. The molecule has 2 heterocycles. The molecule has 1 atom stereocenters. The molecule has 1 unspecified atom stereocenters. The Bertz CT molecular complexity index is 5040. The van der Waals surface area contributed by atoms with E-state index in [4.69, 9.17) is 0 Å². The standard InChI is InChI=1S/C85H85N3Si4/c1-89(2,3)65-45-37-61(38-46-65)86(62-39-47-66(48-40-62)90(4,5)6)59-33-28-56(29-34-59)58-32-53-73-78(54-58)85(76-25-16-13-20-69(76)70-21-14-17-26-77(70)85)79-55-75(81-74-24-19-23-72-71-22-15-18-27-80(71)88(83(72)74)84(81)82(73)79)57-30-35-60(36-31-57)87(63-41-49-67(50-42-63)91(7,8)9)64-43-51-68(52-44-64)92(10,11)12/h13-47,49-55,66,89-92H,48H2,1-12H3/q-4. The molecule has 11 aromatic carbocycles. The first-order chi connectivity index (χ1) is 44.2. The third kappa shape index (κ3) is 9.12. The van der Waals surface area contributed by atoms with Gasteiger partial charge in [0.15, 0.2) is 0 Å². The van der Waals surface area contributed by atoms with Crippen molar-refractivity contribution in [3.8, 4) is 44.5 Å². The molecule has 460 valence electrons. The molecule has 0 saturated carbocycles. The molecule has 3 nitrogen and oxygen atoms in total. The fraction of sp³-hybridized carbons (Fsp3) is 0.176. The molecule has 16 rings (SSSR count). The topological polar surface area (TPSA) is 10.9 Å². The zero-order chi connectivity index (χ0) is 63.4. The van der Waals surface area contributed by atoms with Gasteiger partial charge >= 0.3 is 396 Å². The molecular weight excluding hydrogens is 1180 g/mol. The SMILES string of the molecule is C[SiH-](C)(C)c1ccc(N(C2=CCC([SiH-](C)(C)C)C=C2)c2ccc(-c3ccc4c(c3)C3(c5ccccc5-c5ccccc53)c3cc(-c5ccc(N(c6ccc([SiH-](C)(C)C)cc6)c6ccc([SiH-](C)(C)C)cc6)cc5)c5c6cccc7c8ccccc8n(c5c3-4)c76)cc2)cc1. The third-order valence-electron chi connectivity index (χ3n) is 21.5. The molecule has 0 bridgehead atoms. The van der Waals surface area contributed by atoms with Gasteiger partial charge in [-0.3, -0.25) is 0 Å². The van der Waals surface area contributed by atoms with Crippen LogP contribution in [0.5, 0.6) is 0 Å². The number of fused-ring (bicyclic) bond motifs is 17. The van der Waals surface area contributed by atoms with E-state index in [0.717, 1.165) is 12.1 Å². The zero-order valence-corrected chi connectivity index (χ0v) is 60.3. The molecule has 1 spiro atoms. The van der Waals surface area contributed by atoms with E-state index in [0.29, 0.717) is 5.54 Å². The van der Waals surface area contributed by atoms with Gasteiger partial charge in [-0.15, -0.1) is 0 Å². The number of benzene rings is 11. The summed E-state index contributed by atoms with van der Waals surface area (Å²) in [6.45, 7) is 29.7. The van der Waals surface area contributed by atoms with Crippen LogP contribution in [0.25, 0.3) is 82.6 Å². The first kappa shape index (κ1) is 58.3. The quantitative estimate of drug-likeness (QED) is 0.113. The van der Waals surface area contributed by atoms with Gasteiger partial charge in [0.1, 0.15) is 0 Å². The molecule has 3 aliphatic carbocycles. The molecule has 92 heavy (non-hydrogen) atoms. The molecule has 0 fully saturated rings. The molecule has 0 aliphatic heterocycles. The summed E-state index contributed by atoms with van der Waals surface area (Å²) < 4.78 is 2.65. The van der Waals surface area contributed by atoms with Crippen molar-refractivity contribution in [3.05, 3.63) is 283 Å². The minimum absolute atomic E-state index is 0.621. The van der Waals surface area contributed by atoms with E-state index in [9.17, 15) is 0 Å². The monoisotopic (exact) mass is 1260 g/mol. The summed E-state index contributed by atoms with van der Waals surface area (Å²) in [4.78, 5) is 4.95.